The Balaban J connectivity index is 1.60. The van der Waals surface area contributed by atoms with Gasteiger partial charge < -0.3 is 4.74 Å². The van der Waals surface area contributed by atoms with Gasteiger partial charge in [0.1, 0.15) is 5.75 Å². The van der Waals surface area contributed by atoms with Crippen molar-refractivity contribution in [2.24, 2.45) is 5.10 Å². The molecule has 1 heterocycles. The van der Waals surface area contributed by atoms with Crippen LogP contribution < -0.4 is 14.5 Å². The quantitative estimate of drug-likeness (QED) is 0.398. The van der Waals surface area contributed by atoms with E-state index in [1.165, 1.54) is 0 Å². The third-order valence-electron chi connectivity index (χ3n) is 5.50. The normalized spacial score (nSPS) is 15.9. The van der Waals surface area contributed by atoms with Crippen LogP contribution in [0.1, 0.15) is 30.5 Å². The van der Waals surface area contributed by atoms with Gasteiger partial charge in [-0.3, -0.25) is 5.01 Å². The van der Waals surface area contributed by atoms with E-state index in [1.807, 2.05) is 49.2 Å². The van der Waals surface area contributed by atoms with Crippen molar-refractivity contribution in [1.82, 2.24) is 4.72 Å². The summed E-state index contributed by atoms with van der Waals surface area (Å²) in [6.07, 6.45) is 0.531. The number of benzene rings is 3. The van der Waals surface area contributed by atoms with Crippen molar-refractivity contribution in [3.05, 3.63) is 87.9 Å². The number of hydrazone groups is 1. The third kappa shape index (κ3) is 5.55. The van der Waals surface area contributed by atoms with Crippen molar-refractivity contribution in [3.63, 3.8) is 0 Å². The highest BCUT2D eigenvalue weighted by Gasteiger charge is 2.31. The minimum atomic E-state index is -3.66. The topological polar surface area (TPSA) is 71.0 Å². The lowest BCUT2D eigenvalue weighted by molar-refractivity contribution is 0.340. The monoisotopic (exact) mass is 517 g/mol. The van der Waals surface area contributed by atoms with Crippen LogP contribution in [0.3, 0.4) is 0 Å². The zero-order valence-electron chi connectivity index (χ0n) is 18.8. The predicted octanol–water partition coefficient (Wildman–Crippen LogP) is 5.99. The first-order valence-electron chi connectivity index (χ1n) is 10.9. The van der Waals surface area contributed by atoms with Gasteiger partial charge in [0.15, 0.2) is 0 Å². The zero-order valence-corrected chi connectivity index (χ0v) is 21.2. The summed E-state index contributed by atoms with van der Waals surface area (Å²) in [5, 5.41) is 7.56. The lowest BCUT2D eigenvalue weighted by Crippen LogP contribution is -2.29. The van der Waals surface area contributed by atoms with Gasteiger partial charge in [-0.05, 0) is 61.9 Å². The number of ether oxygens (including phenoxy) is 1. The maximum absolute atomic E-state index is 12.8. The molecule has 1 aliphatic heterocycles. The highest BCUT2D eigenvalue weighted by molar-refractivity contribution is 7.89. The van der Waals surface area contributed by atoms with E-state index < -0.39 is 10.0 Å². The van der Waals surface area contributed by atoms with E-state index in [9.17, 15) is 8.42 Å². The Morgan fingerprint density at radius 1 is 1.06 bits per heavy atom. The lowest BCUT2D eigenvalue weighted by atomic mass is 10.0. The van der Waals surface area contributed by atoms with Crippen LogP contribution in [0.5, 0.6) is 5.75 Å². The molecule has 0 aliphatic carbocycles. The predicted molar refractivity (Wildman–Crippen MR) is 138 cm³/mol. The molecule has 6 nitrogen and oxygen atoms in total. The molecule has 0 saturated heterocycles. The average Bonchev–Trinajstić information content (AvgIpc) is 3.23. The van der Waals surface area contributed by atoms with Gasteiger partial charge in [-0.25, -0.2) is 13.1 Å². The number of hydrogen-bond acceptors (Lipinski definition) is 5. The zero-order chi connectivity index (χ0) is 24.3. The van der Waals surface area contributed by atoms with E-state index in [1.54, 1.807) is 36.4 Å². The fourth-order valence-electron chi connectivity index (χ4n) is 3.76. The summed E-state index contributed by atoms with van der Waals surface area (Å²) in [4.78, 5) is 0.220. The number of nitrogens with one attached hydrogen (secondary N) is 1. The summed E-state index contributed by atoms with van der Waals surface area (Å²) < 4.78 is 33.8. The number of hydrogen-bond donors (Lipinski definition) is 1. The van der Waals surface area contributed by atoms with Crippen molar-refractivity contribution in [1.29, 1.82) is 0 Å². The van der Waals surface area contributed by atoms with Crippen LogP contribution in [0.25, 0.3) is 0 Å². The third-order valence-corrected chi connectivity index (χ3v) is 7.46. The molecule has 178 valence electrons. The molecular formula is C25H25Cl2N3O3S. The molecule has 0 amide bonds. The molecule has 34 heavy (non-hydrogen) atoms. The summed E-state index contributed by atoms with van der Waals surface area (Å²) in [7, 11) is -3.66. The Bertz CT molecular complexity index is 1290. The minimum Gasteiger partial charge on any atom is -0.494 e. The molecule has 3 aromatic carbocycles. The smallest absolute Gasteiger partial charge is 0.240 e. The molecule has 4 rings (SSSR count). The second kappa shape index (κ2) is 10.4. The van der Waals surface area contributed by atoms with Gasteiger partial charge in [-0.2, -0.15) is 5.10 Å². The van der Waals surface area contributed by atoms with Crippen LogP contribution in [0.4, 0.5) is 5.69 Å². The second-order valence-electron chi connectivity index (χ2n) is 7.97. The van der Waals surface area contributed by atoms with E-state index >= 15 is 0 Å². The number of anilines is 1. The molecule has 0 spiro atoms. The van der Waals surface area contributed by atoms with Crippen LogP contribution in [0.2, 0.25) is 10.0 Å². The fraction of sp³-hybridized carbons (Fsp3) is 0.240. The number of halogens is 2. The van der Waals surface area contributed by atoms with Crippen molar-refractivity contribution in [2.45, 2.75) is 31.2 Å². The molecule has 3 aromatic rings. The molecule has 0 fully saturated rings. The summed E-state index contributed by atoms with van der Waals surface area (Å²) in [6, 6.07) is 19.6. The molecule has 1 atom stereocenters. The summed E-state index contributed by atoms with van der Waals surface area (Å²) in [6.45, 7) is 4.52. The Labute approximate surface area is 210 Å². The van der Waals surface area contributed by atoms with Crippen molar-refractivity contribution in [3.8, 4) is 5.75 Å². The molecule has 0 bridgehead atoms. The van der Waals surface area contributed by atoms with E-state index in [2.05, 4.69) is 4.72 Å². The molecule has 1 unspecified atom stereocenters. The van der Waals surface area contributed by atoms with Gasteiger partial charge in [-0.15, -0.1) is 0 Å². The molecular weight excluding hydrogens is 493 g/mol. The molecule has 9 heteroatoms. The standard InChI is InChI=1S/C25H25Cl2N3O3S/c1-3-33-21-9-6-18(7-10-21)25-15-20(29-30(25)24-13-8-19(26)14-23(24)27)16-28-34(31,32)22-11-4-17(2)5-12-22/h4-14,25,28H,3,15-16H2,1-2H3. The molecule has 0 aromatic heterocycles. The maximum Gasteiger partial charge on any atom is 0.240 e. The van der Waals surface area contributed by atoms with Gasteiger partial charge in [0.2, 0.25) is 10.0 Å². The largest absolute Gasteiger partial charge is 0.494 e. The molecule has 0 radical (unpaired) electrons. The number of aryl methyl sites for hydroxylation is 1. The van der Waals surface area contributed by atoms with Crippen molar-refractivity contribution >= 4 is 44.6 Å². The summed E-state index contributed by atoms with van der Waals surface area (Å²) in [5.41, 5.74) is 3.39. The number of nitrogens with zero attached hydrogens (tertiary/aromatic N) is 2. The van der Waals surface area contributed by atoms with Crippen molar-refractivity contribution < 1.29 is 13.2 Å². The SMILES string of the molecule is CCOc1ccc(C2CC(CNS(=O)(=O)c3ccc(C)cc3)=NN2c2ccc(Cl)cc2Cl)cc1. The van der Waals surface area contributed by atoms with Gasteiger partial charge >= 0.3 is 0 Å². The second-order valence-corrected chi connectivity index (χ2v) is 10.6. The van der Waals surface area contributed by atoms with Crippen LogP contribution in [0.15, 0.2) is 76.7 Å². The Hall–Kier alpha value is -2.58. The Morgan fingerprint density at radius 3 is 2.41 bits per heavy atom. The van der Waals surface area contributed by atoms with Crippen LogP contribution in [-0.2, 0) is 10.0 Å². The summed E-state index contributed by atoms with van der Waals surface area (Å²) in [5.74, 6) is 0.785. The van der Waals surface area contributed by atoms with E-state index in [-0.39, 0.29) is 17.5 Å². The average molecular weight is 518 g/mol. The first-order valence-corrected chi connectivity index (χ1v) is 13.1. The van der Waals surface area contributed by atoms with Crippen LogP contribution >= 0.6 is 23.2 Å². The first-order chi connectivity index (χ1) is 16.3. The van der Waals surface area contributed by atoms with Gasteiger partial charge in [0.25, 0.3) is 0 Å². The Kier molecular flexibility index (Phi) is 7.48. The highest BCUT2D eigenvalue weighted by atomic mass is 35.5. The van der Waals surface area contributed by atoms with Crippen molar-refractivity contribution in [2.75, 3.05) is 18.2 Å². The Morgan fingerprint density at radius 2 is 1.76 bits per heavy atom. The number of sulfonamides is 1. The van der Waals surface area contributed by atoms with E-state index in [4.69, 9.17) is 33.0 Å². The highest BCUT2D eigenvalue weighted by Crippen LogP contribution is 2.40. The van der Waals surface area contributed by atoms with E-state index in [0.29, 0.717) is 34.5 Å². The molecule has 1 aliphatic rings. The lowest BCUT2D eigenvalue weighted by Gasteiger charge is -2.25. The summed E-state index contributed by atoms with van der Waals surface area (Å²) >= 11 is 12.6. The molecule has 1 N–H and O–H groups in total. The maximum atomic E-state index is 12.8. The number of rotatable bonds is 8. The fourth-order valence-corrected chi connectivity index (χ4v) is 5.27. The first kappa shape index (κ1) is 24.5. The van der Waals surface area contributed by atoms with Gasteiger partial charge in [0.05, 0.1) is 40.5 Å². The van der Waals surface area contributed by atoms with Gasteiger partial charge in [-0.1, -0.05) is 53.0 Å². The van der Waals surface area contributed by atoms with Crippen LogP contribution in [0, 0.1) is 6.92 Å². The minimum absolute atomic E-state index is 0.0887. The molecule has 0 saturated carbocycles. The van der Waals surface area contributed by atoms with Gasteiger partial charge in [0, 0.05) is 11.4 Å². The van der Waals surface area contributed by atoms with Crippen LogP contribution in [-0.4, -0.2) is 27.3 Å². The van der Waals surface area contributed by atoms with E-state index in [0.717, 1.165) is 16.9 Å².